The summed E-state index contributed by atoms with van der Waals surface area (Å²) in [6.45, 7) is 4.06. The Morgan fingerprint density at radius 3 is 2.71 bits per heavy atom. The van der Waals surface area contributed by atoms with Gasteiger partial charge < -0.3 is 5.73 Å². The Morgan fingerprint density at radius 1 is 1.29 bits per heavy atom. The van der Waals surface area contributed by atoms with Crippen LogP contribution in [0.25, 0.3) is 5.69 Å². The average molecular weight is 188 g/mol. The molecule has 14 heavy (non-hydrogen) atoms. The van der Waals surface area contributed by atoms with Crippen molar-refractivity contribution in [2.75, 3.05) is 5.73 Å². The molecule has 0 aliphatic rings. The fourth-order valence-corrected chi connectivity index (χ4v) is 1.33. The number of hydrogen-bond acceptors (Lipinski definition) is 3. The van der Waals surface area contributed by atoms with E-state index in [1.165, 1.54) is 5.56 Å². The number of hydrogen-bond donors (Lipinski definition) is 1. The molecule has 1 aromatic heterocycles. The molecule has 2 rings (SSSR count). The molecule has 2 aromatic rings. The molecule has 0 fully saturated rings. The zero-order valence-corrected chi connectivity index (χ0v) is 8.23. The number of nitrogens with two attached hydrogens (primary N) is 1. The molecule has 0 unspecified atom stereocenters. The van der Waals surface area contributed by atoms with E-state index in [0.717, 1.165) is 11.3 Å². The molecule has 4 heteroatoms. The summed E-state index contributed by atoms with van der Waals surface area (Å²) in [6, 6.07) is 6.14. The van der Waals surface area contributed by atoms with Crippen LogP contribution in [-0.4, -0.2) is 15.0 Å². The molecule has 0 amide bonds. The fourth-order valence-electron chi connectivity index (χ4n) is 1.33. The number of nitrogen functional groups attached to an aromatic ring is 1. The predicted octanol–water partition coefficient (Wildman–Crippen LogP) is 1.47. The number of benzene rings is 1. The van der Waals surface area contributed by atoms with Crippen LogP contribution in [0.3, 0.4) is 0 Å². The summed E-state index contributed by atoms with van der Waals surface area (Å²) < 4.78 is 0. The molecule has 0 aliphatic carbocycles. The van der Waals surface area contributed by atoms with Gasteiger partial charge in [-0.1, -0.05) is 12.1 Å². The van der Waals surface area contributed by atoms with E-state index >= 15 is 0 Å². The second kappa shape index (κ2) is 3.14. The fraction of sp³-hybridized carbons (Fsp3) is 0.200. The molecule has 0 saturated carbocycles. The van der Waals surface area contributed by atoms with Crippen molar-refractivity contribution in [2.24, 2.45) is 0 Å². The maximum Gasteiger partial charge on any atom is 0.166 e. The maximum atomic E-state index is 5.51. The highest BCUT2D eigenvalue weighted by Gasteiger charge is 2.03. The number of nitrogens with zero attached hydrogens (tertiary/aromatic N) is 3. The third-order valence-corrected chi connectivity index (χ3v) is 2.09. The zero-order valence-electron chi connectivity index (χ0n) is 8.23. The summed E-state index contributed by atoms with van der Waals surface area (Å²) in [6.07, 6.45) is 1.54. The molecule has 0 radical (unpaired) electrons. The highest BCUT2D eigenvalue weighted by molar-refractivity contribution is 5.42. The predicted molar refractivity (Wildman–Crippen MR) is 55.2 cm³/mol. The van der Waals surface area contributed by atoms with Crippen LogP contribution in [0.4, 0.5) is 5.82 Å². The lowest BCUT2D eigenvalue weighted by Gasteiger charge is -2.04. The van der Waals surface area contributed by atoms with Crippen LogP contribution in [0.2, 0.25) is 0 Å². The van der Waals surface area contributed by atoms with E-state index in [-0.39, 0.29) is 0 Å². The SMILES string of the molecule is Cc1ccc(C)c(-n2ncc(N)n2)c1. The van der Waals surface area contributed by atoms with Gasteiger partial charge in [0.2, 0.25) is 0 Å². The Morgan fingerprint density at radius 2 is 2.07 bits per heavy atom. The Balaban J connectivity index is 2.55. The molecule has 0 spiro atoms. The molecule has 0 atom stereocenters. The van der Waals surface area contributed by atoms with Crippen LogP contribution >= 0.6 is 0 Å². The van der Waals surface area contributed by atoms with Crippen molar-refractivity contribution < 1.29 is 0 Å². The number of aryl methyl sites for hydroxylation is 2. The first-order valence-corrected chi connectivity index (χ1v) is 4.42. The Bertz CT molecular complexity index is 459. The Hall–Kier alpha value is -1.84. The molecule has 2 N–H and O–H groups in total. The normalized spacial score (nSPS) is 10.4. The van der Waals surface area contributed by atoms with E-state index in [1.807, 2.05) is 26.0 Å². The van der Waals surface area contributed by atoms with Gasteiger partial charge in [-0.2, -0.15) is 5.10 Å². The van der Waals surface area contributed by atoms with Gasteiger partial charge in [0.1, 0.15) is 0 Å². The number of anilines is 1. The molecule has 1 aromatic carbocycles. The summed E-state index contributed by atoms with van der Waals surface area (Å²) in [4.78, 5) is 1.55. The van der Waals surface area contributed by atoms with E-state index in [9.17, 15) is 0 Å². The lowest BCUT2D eigenvalue weighted by molar-refractivity contribution is 0.749. The van der Waals surface area contributed by atoms with Crippen LogP contribution < -0.4 is 5.73 Å². The summed E-state index contributed by atoms with van der Waals surface area (Å²) in [5.41, 5.74) is 8.80. The second-order valence-electron chi connectivity index (χ2n) is 3.35. The van der Waals surface area contributed by atoms with Gasteiger partial charge in [-0.3, -0.25) is 0 Å². The van der Waals surface area contributed by atoms with Crippen LogP contribution in [0, 0.1) is 13.8 Å². The minimum Gasteiger partial charge on any atom is -0.381 e. The average Bonchev–Trinajstić information content (AvgIpc) is 2.56. The quantitative estimate of drug-likeness (QED) is 0.737. The monoisotopic (exact) mass is 188 g/mol. The van der Waals surface area contributed by atoms with Gasteiger partial charge in [-0.25, -0.2) is 0 Å². The van der Waals surface area contributed by atoms with Crippen LogP contribution in [0.1, 0.15) is 11.1 Å². The molecular formula is C10H12N4. The van der Waals surface area contributed by atoms with Crippen LogP contribution in [0.15, 0.2) is 24.4 Å². The second-order valence-corrected chi connectivity index (χ2v) is 3.35. The lowest BCUT2D eigenvalue weighted by Crippen LogP contribution is -2.02. The van der Waals surface area contributed by atoms with Crippen molar-refractivity contribution in [1.29, 1.82) is 0 Å². The van der Waals surface area contributed by atoms with E-state index in [2.05, 4.69) is 16.3 Å². The van der Waals surface area contributed by atoms with Crippen molar-refractivity contribution in [3.63, 3.8) is 0 Å². The van der Waals surface area contributed by atoms with Gasteiger partial charge in [-0.05, 0) is 31.0 Å². The standard InChI is InChI=1S/C10H12N4/c1-7-3-4-8(2)9(5-7)14-12-6-10(11)13-14/h3-6H,1-2H3,(H2,11,13). The molecular weight excluding hydrogens is 176 g/mol. The van der Waals surface area contributed by atoms with E-state index in [1.54, 1.807) is 11.0 Å². The third kappa shape index (κ3) is 1.46. The van der Waals surface area contributed by atoms with Gasteiger partial charge in [0.25, 0.3) is 0 Å². The molecule has 72 valence electrons. The summed E-state index contributed by atoms with van der Waals surface area (Å²) in [5.74, 6) is 0.436. The molecule has 0 aliphatic heterocycles. The lowest BCUT2D eigenvalue weighted by atomic mass is 10.1. The summed E-state index contributed by atoms with van der Waals surface area (Å²) >= 11 is 0. The minimum atomic E-state index is 0.436. The molecule has 0 bridgehead atoms. The minimum absolute atomic E-state index is 0.436. The smallest absolute Gasteiger partial charge is 0.166 e. The highest BCUT2D eigenvalue weighted by Crippen LogP contribution is 2.14. The van der Waals surface area contributed by atoms with Crippen molar-refractivity contribution in [3.05, 3.63) is 35.5 Å². The van der Waals surface area contributed by atoms with Crippen LogP contribution in [0.5, 0.6) is 0 Å². The van der Waals surface area contributed by atoms with Gasteiger partial charge in [0.05, 0.1) is 11.9 Å². The van der Waals surface area contributed by atoms with Crippen molar-refractivity contribution >= 4 is 5.82 Å². The Labute approximate surface area is 82.4 Å². The largest absolute Gasteiger partial charge is 0.381 e. The third-order valence-electron chi connectivity index (χ3n) is 2.09. The van der Waals surface area contributed by atoms with Gasteiger partial charge >= 0.3 is 0 Å². The molecule has 0 saturated heterocycles. The zero-order chi connectivity index (χ0) is 10.1. The van der Waals surface area contributed by atoms with Gasteiger partial charge in [-0.15, -0.1) is 9.90 Å². The number of aromatic nitrogens is 3. The first-order valence-electron chi connectivity index (χ1n) is 4.42. The molecule has 1 heterocycles. The topological polar surface area (TPSA) is 56.7 Å². The van der Waals surface area contributed by atoms with E-state index in [0.29, 0.717) is 5.82 Å². The first kappa shape index (κ1) is 8.74. The van der Waals surface area contributed by atoms with Crippen molar-refractivity contribution in [3.8, 4) is 5.69 Å². The Kier molecular flexibility index (Phi) is 1.96. The van der Waals surface area contributed by atoms with Gasteiger partial charge in [0, 0.05) is 0 Å². The maximum absolute atomic E-state index is 5.51. The first-order chi connectivity index (χ1) is 6.66. The van der Waals surface area contributed by atoms with Crippen molar-refractivity contribution in [2.45, 2.75) is 13.8 Å². The van der Waals surface area contributed by atoms with E-state index in [4.69, 9.17) is 5.73 Å². The van der Waals surface area contributed by atoms with Gasteiger partial charge in [0.15, 0.2) is 5.82 Å². The highest BCUT2D eigenvalue weighted by atomic mass is 15.5. The summed E-state index contributed by atoms with van der Waals surface area (Å²) in [5, 5.41) is 8.13. The van der Waals surface area contributed by atoms with Crippen LogP contribution in [-0.2, 0) is 0 Å². The molecule has 4 nitrogen and oxygen atoms in total. The van der Waals surface area contributed by atoms with Crippen molar-refractivity contribution in [1.82, 2.24) is 15.0 Å². The number of rotatable bonds is 1. The summed E-state index contributed by atoms with van der Waals surface area (Å²) in [7, 11) is 0. The van der Waals surface area contributed by atoms with E-state index < -0.39 is 0 Å².